The van der Waals surface area contributed by atoms with Crippen LogP contribution in [0.5, 0.6) is 0 Å². The fourth-order valence-electron chi connectivity index (χ4n) is 2.31. The molecule has 0 saturated heterocycles. The molecule has 1 rings (SSSR count). The first-order valence-electron chi connectivity index (χ1n) is 7.56. The summed E-state index contributed by atoms with van der Waals surface area (Å²) in [5, 5.41) is 21.7. The molecule has 0 fully saturated rings. The smallest absolute Gasteiger partial charge is 0.326 e. The van der Waals surface area contributed by atoms with Gasteiger partial charge in [-0.05, 0) is 30.2 Å². The molecule has 1 amide bonds. The Morgan fingerprint density at radius 3 is 2.23 bits per heavy atom. The van der Waals surface area contributed by atoms with Crippen LogP contribution in [0.25, 0.3) is 0 Å². The van der Waals surface area contributed by atoms with E-state index >= 15 is 0 Å². The summed E-state index contributed by atoms with van der Waals surface area (Å²) in [4.78, 5) is 23.2. The molecule has 0 saturated carbocycles. The quantitative estimate of drug-likeness (QED) is 0.684. The van der Waals surface area contributed by atoms with Gasteiger partial charge in [-0.3, -0.25) is 4.79 Å². The molecule has 0 aromatic heterocycles. The van der Waals surface area contributed by atoms with E-state index in [-0.39, 0.29) is 11.8 Å². The lowest BCUT2D eigenvalue weighted by Gasteiger charge is -2.22. The largest absolute Gasteiger partial charge is 0.480 e. The number of aliphatic carboxylic acids is 1. The van der Waals surface area contributed by atoms with Crippen LogP contribution in [-0.4, -0.2) is 34.2 Å². The third-order valence-electron chi connectivity index (χ3n) is 3.53. The number of carboxylic acids is 1. The maximum atomic E-state index is 12.0. The van der Waals surface area contributed by atoms with E-state index < -0.39 is 24.0 Å². The molecule has 5 heteroatoms. The van der Waals surface area contributed by atoms with Crippen molar-refractivity contribution in [3.05, 3.63) is 35.9 Å². The fraction of sp³-hybridized carbons (Fsp3) is 0.529. The van der Waals surface area contributed by atoms with Crippen LogP contribution in [-0.2, 0) is 16.0 Å². The van der Waals surface area contributed by atoms with Crippen molar-refractivity contribution in [3.8, 4) is 0 Å². The summed E-state index contributed by atoms with van der Waals surface area (Å²) in [6.07, 6.45) is -0.340. The molecule has 0 aliphatic heterocycles. The van der Waals surface area contributed by atoms with Gasteiger partial charge in [0.15, 0.2) is 0 Å². The van der Waals surface area contributed by atoms with Crippen LogP contribution in [0.4, 0.5) is 0 Å². The highest BCUT2D eigenvalue weighted by Crippen LogP contribution is 2.13. The molecule has 1 aromatic rings. The third kappa shape index (κ3) is 5.85. The normalized spacial score (nSPS) is 15.1. The number of amides is 1. The van der Waals surface area contributed by atoms with Crippen LogP contribution in [0.15, 0.2) is 30.3 Å². The van der Waals surface area contributed by atoms with E-state index in [2.05, 4.69) is 5.32 Å². The zero-order valence-electron chi connectivity index (χ0n) is 13.3. The average Bonchev–Trinajstić information content (AvgIpc) is 2.46. The standard InChI is InChI=1S/C17H25NO4/c1-11(2)9-14(17(21)22)18-16(20)15(19)12(3)10-13-7-5-4-6-8-13/h4-8,11-12,14-15,19H,9-10H2,1-3H3,(H,18,20)(H,21,22)/t12?,14?,15-/m0/s1. The number of carbonyl (C=O) groups is 2. The average molecular weight is 307 g/mol. The fourth-order valence-corrected chi connectivity index (χ4v) is 2.31. The second-order valence-corrected chi connectivity index (χ2v) is 6.14. The van der Waals surface area contributed by atoms with Gasteiger partial charge >= 0.3 is 5.97 Å². The van der Waals surface area contributed by atoms with E-state index in [0.717, 1.165) is 5.56 Å². The first kappa shape index (κ1) is 18.2. The zero-order valence-corrected chi connectivity index (χ0v) is 13.3. The highest BCUT2D eigenvalue weighted by Gasteiger charge is 2.27. The Morgan fingerprint density at radius 2 is 1.73 bits per heavy atom. The monoisotopic (exact) mass is 307 g/mol. The molecule has 5 nitrogen and oxygen atoms in total. The summed E-state index contributed by atoms with van der Waals surface area (Å²) >= 11 is 0. The molecule has 0 heterocycles. The summed E-state index contributed by atoms with van der Waals surface area (Å²) in [6.45, 7) is 5.54. The number of nitrogens with one attached hydrogen (secondary N) is 1. The SMILES string of the molecule is CC(C)CC(NC(=O)[C@@H](O)C(C)Cc1ccccc1)C(=O)O. The predicted molar refractivity (Wildman–Crippen MR) is 84.3 cm³/mol. The van der Waals surface area contributed by atoms with E-state index in [0.29, 0.717) is 12.8 Å². The first-order valence-corrected chi connectivity index (χ1v) is 7.56. The highest BCUT2D eigenvalue weighted by molar-refractivity contribution is 5.86. The lowest BCUT2D eigenvalue weighted by atomic mass is 9.95. The number of hydrogen-bond donors (Lipinski definition) is 3. The van der Waals surface area contributed by atoms with Crippen molar-refractivity contribution in [1.29, 1.82) is 0 Å². The summed E-state index contributed by atoms with van der Waals surface area (Å²) in [6, 6.07) is 8.60. The summed E-state index contributed by atoms with van der Waals surface area (Å²) < 4.78 is 0. The van der Waals surface area contributed by atoms with Crippen molar-refractivity contribution in [1.82, 2.24) is 5.32 Å². The lowest BCUT2D eigenvalue weighted by Crippen LogP contribution is -2.48. The molecule has 22 heavy (non-hydrogen) atoms. The summed E-state index contributed by atoms with van der Waals surface area (Å²) in [7, 11) is 0. The van der Waals surface area contributed by atoms with Crippen LogP contribution < -0.4 is 5.32 Å². The maximum Gasteiger partial charge on any atom is 0.326 e. The molecule has 2 unspecified atom stereocenters. The van der Waals surface area contributed by atoms with Crippen molar-refractivity contribution < 1.29 is 19.8 Å². The number of benzene rings is 1. The van der Waals surface area contributed by atoms with Crippen molar-refractivity contribution in [3.63, 3.8) is 0 Å². The van der Waals surface area contributed by atoms with Gasteiger partial charge in [-0.2, -0.15) is 0 Å². The molecule has 0 spiro atoms. The lowest BCUT2D eigenvalue weighted by molar-refractivity contribution is -0.144. The van der Waals surface area contributed by atoms with Crippen LogP contribution in [0.1, 0.15) is 32.8 Å². The Balaban J connectivity index is 2.61. The number of hydrogen-bond acceptors (Lipinski definition) is 3. The van der Waals surface area contributed by atoms with Gasteiger partial charge in [-0.25, -0.2) is 4.79 Å². The first-order chi connectivity index (χ1) is 10.3. The van der Waals surface area contributed by atoms with E-state index in [9.17, 15) is 14.7 Å². The Hall–Kier alpha value is -1.88. The molecule has 122 valence electrons. The minimum Gasteiger partial charge on any atom is -0.480 e. The Kier molecular flexibility index (Phi) is 7.05. The van der Waals surface area contributed by atoms with Gasteiger partial charge in [-0.1, -0.05) is 51.1 Å². The Bertz CT molecular complexity index is 487. The highest BCUT2D eigenvalue weighted by atomic mass is 16.4. The number of carbonyl (C=O) groups excluding carboxylic acids is 1. The van der Waals surface area contributed by atoms with Crippen molar-refractivity contribution in [2.75, 3.05) is 0 Å². The van der Waals surface area contributed by atoms with Crippen LogP contribution >= 0.6 is 0 Å². The summed E-state index contributed by atoms with van der Waals surface area (Å²) in [5.41, 5.74) is 1.03. The minimum atomic E-state index is -1.23. The molecule has 0 radical (unpaired) electrons. The Labute approximate surface area is 131 Å². The second-order valence-electron chi connectivity index (χ2n) is 6.14. The Morgan fingerprint density at radius 1 is 1.14 bits per heavy atom. The molecule has 1 aromatic carbocycles. The molecule has 3 atom stereocenters. The summed E-state index contributed by atoms with van der Waals surface area (Å²) in [5.74, 6) is -1.86. The molecular formula is C17H25NO4. The zero-order chi connectivity index (χ0) is 16.7. The second kappa shape index (κ2) is 8.54. The number of carboxylic acid groups (broad SMARTS) is 1. The van der Waals surface area contributed by atoms with Crippen LogP contribution in [0.3, 0.4) is 0 Å². The third-order valence-corrected chi connectivity index (χ3v) is 3.53. The molecule has 0 aliphatic carbocycles. The van der Waals surface area contributed by atoms with Gasteiger partial charge in [-0.15, -0.1) is 0 Å². The number of aliphatic hydroxyl groups is 1. The van der Waals surface area contributed by atoms with Crippen molar-refractivity contribution >= 4 is 11.9 Å². The van der Waals surface area contributed by atoms with E-state index in [1.165, 1.54) is 0 Å². The molecular weight excluding hydrogens is 282 g/mol. The van der Waals surface area contributed by atoms with Crippen molar-refractivity contribution in [2.45, 2.75) is 45.8 Å². The van der Waals surface area contributed by atoms with Gasteiger partial charge in [0.25, 0.3) is 0 Å². The van der Waals surface area contributed by atoms with Crippen LogP contribution in [0.2, 0.25) is 0 Å². The topological polar surface area (TPSA) is 86.6 Å². The van der Waals surface area contributed by atoms with Gasteiger partial charge in [0.2, 0.25) is 5.91 Å². The van der Waals surface area contributed by atoms with Gasteiger partial charge in [0.1, 0.15) is 12.1 Å². The van der Waals surface area contributed by atoms with Gasteiger partial charge < -0.3 is 15.5 Å². The van der Waals surface area contributed by atoms with Crippen LogP contribution in [0, 0.1) is 11.8 Å². The van der Waals surface area contributed by atoms with Gasteiger partial charge in [0, 0.05) is 0 Å². The number of rotatable bonds is 8. The van der Waals surface area contributed by atoms with Gasteiger partial charge in [0.05, 0.1) is 0 Å². The van der Waals surface area contributed by atoms with E-state index in [1.807, 2.05) is 44.2 Å². The van der Waals surface area contributed by atoms with Crippen molar-refractivity contribution in [2.24, 2.45) is 11.8 Å². The number of aliphatic hydroxyl groups excluding tert-OH is 1. The minimum absolute atomic E-state index is 0.139. The molecule has 0 bridgehead atoms. The predicted octanol–water partition coefficient (Wildman–Crippen LogP) is 1.84. The molecule has 0 aliphatic rings. The molecule has 3 N–H and O–H groups in total. The van der Waals surface area contributed by atoms with E-state index in [1.54, 1.807) is 6.92 Å². The van der Waals surface area contributed by atoms with E-state index in [4.69, 9.17) is 5.11 Å². The maximum absolute atomic E-state index is 12.0.